The number of rotatable bonds is 4. The fraction of sp³-hybridized carbons (Fsp3) is 0.400. The van der Waals surface area contributed by atoms with Crippen molar-refractivity contribution in [3.8, 4) is 0 Å². The van der Waals surface area contributed by atoms with Gasteiger partial charge in [-0.25, -0.2) is 4.79 Å². The van der Waals surface area contributed by atoms with Crippen LogP contribution in [0.15, 0.2) is 16.7 Å². The Morgan fingerprint density at radius 2 is 2.12 bits per heavy atom. The molecule has 1 heterocycles. The molecular weight excluding hydrogens is 234 g/mol. The standard InChI is InChI=1S/C10H12ClNO4/c1-5(2)7(10(14)15)12-9(13)6-3-4-16-8(6)11/h3-5,7H,1-2H3,(H,12,13)(H,14,15). The summed E-state index contributed by atoms with van der Waals surface area (Å²) in [5, 5.41) is 11.2. The minimum Gasteiger partial charge on any atom is -0.480 e. The van der Waals surface area contributed by atoms with Crippen LogP contribution in [0.3, 0.4) is 0 Å². The molecule has 2 N–H and O–H groups in total. The van der Waals surface area contributed by atoms with Crippen LogP contribution in [0.2, 0.25) is 5.22 Å². The average molecular weight is 246 g/mol. The number of hydrogen-bond acceptors (Lipinski definition) is 3. The van der Waals surface area contributed by atoms with Gasteiger partial charge in [0.05, 0.1) is 11.8 Å². The van der Waals surface area contributed by atoms with Crippen LogP contribution in [0.25, 0.3) is 0 Å². The van der Waals surface area contributed by atoms with Gasteiger partial charge in [-0.3, -0.25) is 4.79 Å². The zero-order valence-corrected chi connectivity index (χ0v) is 9.62. The Morgan fingerprint density at radius 3 is 2.50 bits per heavy atom. The maximum Gasteiger partial charge on any atom is 0.326 e. The molecule has 1 aromatic heterocycles. The van der Waals surface area contributed by atoms with Crippen molar-refractivity contribution in [1.82, 2.24) is 5.32 Å². The van der Waals surface area contributed by atoms with Crippen molar-refractivity contribution in [3.05, 3.63) is 23.1 Å². The summed E-state index contributed by atoms with van der Waals surface area (Å²) in [5.74, 6) is -1.85. The van der Waals surface area contributed by atoms with E-state index in [-0.39, 0.29) is 16.7 Å². The highest BCUT2D eigenvalue weighted by Gasteiger charge is 2.25. The number of carboxylic acids is 1. The number of hydrogen-bond donors (Lipinski definition) is 2. The van der Waals surface area contributed by atoms with Gasteiger partial charge in [-0.1, -0.05) is 13.8 Å². The highest BCUT2D eigenvalue weighted by molar-refractivity contribution is 6.32. The van der Waals surface area contributed by atoms with Gasteiger partial charge in [0.15, 0.2) is 0 Å². The van der Waals surface area contributed by atoms with E-state index in [4.69, 9.17) is 21.1 Å². The molecule has 0 aromatic carbocycles. The monoisotopic (exact) mass is 245 g/mol. The molecule has 88 valence electrons. The highest BCUT2D eigenvalue weighted by atomic mass is 35.5. The van der Waals surface area contributed by atoms with Gasteiger partial charge in [-0.15, -0.1) is 0 Å². The van der Waals surface area contributed by atoms with E-state index < -0.39 is 17.9 Å². The first-order valence-electron chi connectivity index (χ1n) is 4.70. The molecule has 16 heavy (non-hydrogen) atoms. The summed E-state index contributed by atoms with van der Waals surface area (Å²) in [5.41, 5.74) is 0.133. The van der Waals surface area contributed by atoms with Crippen LogP contribution in [-0.4, -0.2) is 23.0 Å². The van der Waals surface area contributed by atoms with Gasteiger partial charge in [-0.2, -0.15) is 0 Å². The van der Waals surface area contributed by atoms with Crippen LogP contribution in [0.4, 0.5) is 0 Å². The lowest BCUT2D eigenvalue weighted by Crippen LogP contribution is -2.44. The molecule has 1 unspecified atom stereocenters. The second-order valence-corrected chi connectivity index (χ2v) is 3.98. The molecule has 1 rings (SSSR count). The Kier molecular flexibility index (Phi) is 3.95. The molecule has 0 aliphatic carbocycles. The number of nitrogens with one attached hydrogen (secondary N) is 1. The van der Waals surface area contributed by atoms with Crippen LogP contribution in [-0.2, 0) is 4.79 Å². The first-order valence-corrected chi connectivity index (χ1v) is 5.08. The quantitative estimate of drug-likeness (QED) is 0.847. The first kappa shape index (κ1) is 12.6. The Bertz CT molecular complexity index is 399. The first-order chi connectivity index (χ1) is 7.43. The van der Waals surface area contributed by atoms with Gasteiger partial charge < -0.3 is 14.8 Å². The third-order valence-corrected chi connectivity index (χ3v) is 2.37. The van der Waals surface area contributed by atoms with Crippen molar-refractivity contribution in [2.75, 3.05) is 0 Å². The van der Waals surface area contributed by atoms with E-state index in [0.29, 0.717) is 0 Å². The normalized spacial score (nSPS) is 12.5. The molecule has 0 aliphatic rings. The van der Waals surface area contributed by atoms with Gasteiger partial charge in [0.1, 0.15) is 6.04 Å². The van der Waals surface area contributed by atoms with Crippen molar-refractivity contribution in [3.63, 3.8) is 0 Å². The summed E-state index contributed by atoms with van der Waals surface area (Å²) in [6, 6.07) is 0.440. The van der Waals surface area contributed by atoms with Crippen molar-refractivity contribution >= 4 is 23.5 Å². The molecule has 1 aromatic rings. The van der Waals surface area contributed by atoms with Crippen molar-refractivity contribution in [1.29, 1.82) is 0 Å². The molecule has 6 heteroatoms. The van der Waals surface area contributed by atoms with E-state index in [1.54, 1.807) is 13.8 Å². The molecule has 0 radical (unpaired) electrons. The minimum absolute atomic E-state index is 0.0506. The maximum absolute atomic E-state index is 11.6. The Hall–Kier alpha value is -1.49. The third kappa shape index (κ3) is 2.76. The van der Waals surface area contributed by atoms with Gasteiger partial charge in [0, 0.05) is 0 Å². The highest BCUT2D eigenvalue weighted by Crippen LogP contribution is 2.16. The Labute approximate surface area is 97.4 Å². The molecule has 0 saturated heterocycles. The number of carbonyl (C=O) groups excluding carboxylic acids is 1. The van der Waals surface area contributed by atoms with Gasteiger partial charge in [0.25, 0.3) is 5.91 Å². The Balaban J connectivity index is 2.77. The summed E-state index contributed by atoms with van der Waals surface area (Å²) in [6.07, 6.45) is 1.27. The van der Waals surface area contributed by atoms with Crippen molar-refractivity contribution in [2.24, 2.45) is 5.92 Å². The predicted molar refractivity (Wildman–Crippen MR) is 57.4 cm³/mol. The lowest BCUT2D eigenvalue weighted by Gasteiger charge is -2.17. The topological polar surface area (TPSA) is 79.5 Å². The molecule has 1 atom stereocenters. The Morgan fingerprint density at radius 1 is 1.50 bits per heavy atom. The SMILES string of the molecule is CC(C)C(NC(=O)c1ccoc1Cl)C(=O)O. The average Bonchev–Trinajstić information content (AvgIpc) is 2.59. The molecule has 0 bridgehead atoms. The predicted octanol–water partition coefficient (Wildman–Crippen LogP) is 1.77. The lowest BCUT2D eigenvalue weighted by atomic mass is 10.0. The number of carbonyl (C=O) groups is 2. The number of carboxylic acid groups (broad SMARTS) is 1. The summed E-state index contributed by atoms with van der Waals surface area (Å²) in [4.78, 5) is 22.5. The van der Waals surface area contributed by atoms with E-state index in [1.165, 1.54) is 12.3 Å². The van der Waals surface area contributed by atoms with E-state index in [2.05, 4.69) is 5.32 Å². The number of aliphatic carboxylic acids is 1. The summed E-state index contributed by atoms with van der Waals surface area (Å²) >= 11 is 5.60. The maximum atomic E-state index is 11.6. The van der Waals surface area contributed by atoms with E-state index >= 15 is 0 Å². The van der Waals surface area contributed by atoms with Crippen LogP contribution in [0.1, 0.15) is 24.2 Å². The van der Waals surface area contributed by atoms with Crippen LogP contribution < -0.4 is 5.32 Å². The van der Waals surface area contributed by atoms with Crippen LogP contribution >= 0.6 is 11.6 Å². The largest absolute Gasteiger partial charge is 0.480 e. The van der Waals surface area contributed by atoms with E-state index in [9.17, 15) is 9.59 Å². The molecule has 0 aliphatic heterocycles. The number of halogens is 1. The summed E-state index contributed by atoms with van der Waals surface area (Å²) in [7, 11) is 0. The van der Waals surface area contributed by atoms with Gasteiger partial charge in [0.2, 0.25) is 5.22 Å². The fourth-order valence-electron chi connectivity index (χ4n) is 1.19. The van der Waals surface area contributed by atoms with E-state index in [1.807, 2.05) is 0 Å². The molecule has 0 saturated carbocycles. The second kappa shape index (κ2) is 5.03. The molecule has 1 amide bonds. The smallest absolute Gasteiger partial charge is 0.326 e. The van der Waals surface area contributed by atoms with Crippen LogP contribution in [0, 0.1) is 5.92 Å². The molecule has 5 nitrogen and oxygen atoms in total. The second-order valence-electron chi connectivity index (χ2n) is 3.64. The van der Waals surface area contributed by atoms with E-state index in [0.717, 1.165) is 0 Å². The van der Waals surface area contributed by atoms with Crippen molar-refractivity contribution in [2.45, 2.75) is 19.9 Å². The summed E-state index contributed by atoms with van der Waals surface area (Å²) < 4.78 is 4.75. The van der Waals surface area contributed by atoms with Gasteiger partial charge in [-0.05, 0) is 23.6 Å². The van der Waals surface area contributed by atoms with Gasteiger partial charge >= 0.3 is 5.97 Å². The number of amides is 1. The van der Waals surface area contributed by atoms with Crippen LogP contribution in [0.5, 0.6) is 0 Å². The number of furan rings is 1. The molecular formula is C10H12ClNO4. The minimum atomic E-state index is -1.08. The zero-order chi connectivity index (χ0) is 12.3. The lowest BCUT2D eigenvalue weighted by molar-refractivity contribution is -0.140. The molecule has 0 spiro atoms. The molecule has 0 fully saturated rings. The fourth-order valence-corrected chi connectivity index (χ4v) is 1.39. The van der Waals surface area contributed by atoms with Crippen molar-refractivity contribution < 1.29 is 19.1 Å². The zero-order valence-electron chi connectivity index (χ0n) is 8.86. The summed E-state index contributed by atoms with van der Waals surface area (Å²) in [6.45, 7) is 3.41. The third-order valence-electron chi connectivity index (χ3n) is 2.08.